The zero-order valence-electron chi connectivity index (χ0n) is 11.9. The Morgan fingerprint density at radius 1 is 1.33 bits per heavy atom. The van der Waals surface area contributed by atoms with Gasteiger partial charge in [-0.2, -0.15) is 0 Å². The van der Waals surface area contributed by atoms with Crippen LogP contribution in [-0.4, -0.2) is 35.8 Å². The van der Waals surface area contributed by atoms with Crippen molar-refractivity contribution < 1.29 is 9.59 Å². The summed E-state index contributed by atoms with van der Waals surface area (Å²) in [6, 6.07) is -0.383. The van der Waals surface area contributed by atoms with Crippen molar-refractivity contribution in [1.82, 2.24) is 10.2 Å². The van der Waals surface area contributed by atoms with Crippen LogP contribution in [0.4, 0.5) is 0 Å². The molecule has 0 aromatic heterocycles. The molecule has 1 saturated carbocycles. The fourth-order valence-corrected chi connectivity index (χ4v) is 2.63. The number of piperazine rings is 1. The second-order valence-corrected chi connectivity index (χ2v) is 6.91. The lowest BCUT2D eigenvalue weighted by Crippen LogP contribution is -2.62. The second-order valence-electron chi connectivity index (χ2n) is 6.91. The quantitative estimate of drug-likeness (QED) is 0.828. The number of rotatable bonds is 3. The largest absolute Gasteiger partial charge is 0.342 e. The number of carbonyl (C=O) groups excluding carboxylic acids is 2. The van der Waals surface area contributed by atoms with Gasteiger partial charge in [-0.05, 0) is 30.1 Å². The molecule has 0 spiro atoms. The number of nitrogens with zero attached hydrogens (tertiary/aromatic N) is 1. The van der Waals surface area contributed by atoms with Crippen molar-refractivity contribution in [2.24, 2.45) is 10.8 Å². The molecule has 0 aromatic rings. The highest BCUT2D eigenvalue weighted by Crippen LogP contribution is 2.49. The molecule has 2 rings (SSSR count). The number of hydrogen-bond donors (Lipinski definition) is 1. The predicted octanol–water partition coefficient (Wildman–Crippen LogP) is 1.55. The Balaban J connectivity index is 2.11. The highest BCUT2D eigenvalue weighted by atomic mass is 16.2. The Morgan fingerprint density at radius 3 is 2.39 bits per heavy atom. The topological polar surface area (TPSA) is 49.4 Å². The third-order valence-corrected chi connectivity index (χ3v) is 4.30. The van der Waals surface area contributed by atoms with Crippen molar-refractivity contribution in [3.63, 3.8) is 0 Å². The molecule has 4 heteroatoms. The molecule has 1 unspecified atom stereocenters. The monoisotopic (exact) mass is 252 g/mol. The summed E-state index contributed by atoms with van der Waals surface area (Å²) in [7, 11) is 0. The van der Waals surface area contributed by atoms with Crippen LogP contribution < -0.4 is 5.32 Å². The fourth-order valence-electron chi connectivity index (χ4n) is 2.63. The number of hydrogen-bond acceptors (Lipinski definition) is 2. The summed E-state index contributed by atoms with van der Waals surface area (Å²) in [5.74, 6) is 0.0586. The Hall–Kier alpha value is -1.06. The zero-order valence-corrected chi connectivity index (χ0v) is 11.9. The van der Waals surface area contributed by atoms with Gasteiger partial charge in [0.05, 0.1) is 6.54 Å². The average Bonchev–Trinajstić information content (AvgIpc) is 3.02. The Morgan fingerprint density at radius 2 is 1.94 bits per heavy atom. The van der Waals surface area contributed by atoms with Crippen molar-refractivity contribution in [3.05, 3.63) is 0 Å². The second kappa shape index (κ2) is 4.25. The maximum Gasteiger partial charge on any atom is 0.246 e. The van der Waals surface area contributed by atoms with Gasteiger partial charge in [-0.1, -0.05) is 27.7 Å². The lowest BCUT2D eigenvalue weighted by Gasteiger charge is -2.40. The van der Waals surface area contributed by atoms with Crippen molar-refractivity contribution in [3.8, 4) is 0 Å². The van der Waals surface area contributed by atoms with Gasteiger partial charge in [0.25, 0.3) is 0 Å². The first-order valence-corrected chi connectivity index (χ1v) is 6.86. The summed E-state index contributed by atoms with van der Waals surface area (Å²) >= 11 is 0. The molecular weight excluding hydrogens is 228 g/mol. The molecule has 102 valence electrons. The van der Waals surface area contributed by atoms with Crippen LogP contribution in [0.2, 0.25) is 0 Å². The highest BCUT2D eigenvalue weighted by molar-refractivity contribution is 5.95. The Labute approximate surface area is 109 Å². The Bertz CT molecular complexity index is 366. The molecule has 2 aliphatic rings. The molecule has 0 aromatic carbocycles. The summed E-state index contributed by atoms with van der Waals surface area (Å²) in [4.78, 5) is 26.0. The third-order valence-electron chi connectivity index (χ3n) is 4.30. The first kappa shape index (κ1) is 13.4. The molecule has 1 N–H and O–H groups in total. The molecule has 1 heterocycles. The fraction of sp³-hybridized carbons (Fsp3) is 0.857. The van der Waals surface area contributed by atoms with Crippen LogP contribution >= 0.6 is 0 Å². The minimum absolute atomic E-state index is 0.0265. The minimum atomic E-state index is -0.383. The van der Waals surface area contributed by atoms with Gasteiger partial charge in [-0.25, -0.2) is 0 Å². The lowest BCUT2D eigenvalue weighted by molar-refractivity contribution is -0.148. The van der Waals surface area contributed by atoms with Crippen molar-refractivity contribution in [1.29, 1.82) is 0 Å². The number of carbonyl (C=O) groups is 2. The summed E-state index contributed by atoms with van der Waals surface area (Å²) in [6.07, 6.45) is 3.47. The predicted molar refractivity (Wildman–Crippen MR) is 69.9 cm³/mol. The summed E-state index contributed by atoms with van der Waals surface area (Å²) in [5.41, 5.74) is 0.0735. The maximum absolute atomic E-state index is 12.5. The molecule has 0 radical (unpaired) electrons. The van der Waals surface area contributed by atoms with Gasteiger partial charge in [-0.15, -0.1) is 0 Å². The van der Waals surface area contributed by atoms with Crippen LogP contribution in [-0.2, 0) is 9.59 Å². The normalized spacial score (nSPS) is 27.1. The van der Waals surface area contributed by atoms with Crippen molar-refractivity contribution in [2.75, 3.05) is 13.1 Å². The molecule has 4 nitrogen and oxygen atoms in total. The highest BCUT2D eigenvalue weighted by Gasteiger charge is 2.47. The van der Waals surface area contributed by atoms with Crippen LogP contribution in [0.3, 0.4) is 0 Å². The molecule has 2 amide bonds. The van der Waals surface area contributed by atoms with Crippen LogP contribution in [0, 0.1) is 10.8 Å². The van der Waals surface area contributed by atoms with E-state index in [4.69, 9.17) is 0 Å². The van der Waals surface area contributed by atoms with Gasteiger partial charge in [-0.3, -0.25) is 9.59 Å². The van der Waals surface area contributed by atoms with E-state index in [2.05, 4.69) is 12.2 Å². The number of amides is 2. The molecule has 1 atom stereocenters. The van der Waals surface area contributed by atoms with Gasteiger partial charge in [0.2, 0.25) is 11.8 Å². The van der Waals surface area contributed by atoms with Crippen molar-refractivity contribution >= 4 is 11.8 Å². The number of nitrogens with one attached hydrogen (secondary N) is 1. The molecule has 0 bridgehead atoms. The summed E-state index contributed by atoms with van der Waals surface area (Å²) in [6.45, 7) is 9.13. The van der Waals surface area contributed by atoms with E-state index in [1.165, 1.54) is 12.8 Å². The SMILES string of the molecule is CCC1(CN2CC(=O)NC(C(C)(C)C)C2=O)CC1. The van der Waals surface area contributed by atoms with Crippen molar-refractivity contribution in [2.45, 2.75) is 53.0 Å². The first-order chi connectivity index (χ1) is 8.27. The molecular formula is C14H24N2O2. The van der Waals surface area contributed by atoms with E-state index in [-0.39, 0.29) is 29.8 Å². The lowest BCUT2D eigenvalue weighted by atomic mass is 9.84. The molecule has 1 saturated heterocycles. The van der Waals surface area contributed by atoms with E-state index in [0.29, 0.717) is 5.41 Å². The maximum atomic E-state index is 12.5. The van der Waals surface area contributed by atoms with E-state index in [1.807, 2.05) is 20.8 Å². The van der Waals surface area contributed by atoms with Gasteiger partial charge in [0.15, 0.2) is 0 Å². The van der Waals surface area contributed by atoms with E-state index in [9.17, 15) is 9.59 Å². The molecule has 2 fully saturated rings. The van der Waals surface area contributed by atoms with Crippen LogP contribution in [0.25, 0.3) is 0 Å². The van der Waals surface area contributed by atoms with E-state index >= 15 is 0 Å². The van der Waals surface area contributed by atoms with Gasteiger partial charge >= 0.3 is 0 Å². The first-order valence-electron chi connectivity index (χ1n) is 6.86. The molecule has 18 heavy (non-hydrogen) atoms. The van der Waals surface area contributed by atoms with Crippen LogP contribution in [0.15, 0.2) is 0 Å². The average molecular weight is 252 g/mol. The van der Waals surface area contributed by atoms with E-state index < -0.39 is 0 Å². The molecule has 1 aliphatic heterocycles. The zero-order chi connectivity index (χ0) is 13.6. The Kier molecular flexibility index (Phi) is 3.16. The summed E-state index contributed by atoms with van der Waals surface area (Å²) < 4.78 is 0. The van der Waals surface area contributed by atoms with Gasteiger partial charge in [0, 0.05) is 6.54 Å². The van der Waals surface area contributed by atoms with Gasteiger partial charge in [0.1, 0.15) is 6.04 Å². The smallest absolute Gasteiger partial charge is 0.246 e. The van der Waals surface area contributed by atoms with E-state index in [0.717, 1.165) is 13.0 Å². The third kappa shape index (κ3) is 2.52. The molecule has 1 aliphatic carbocycles. The van der Waals surface area contributed by atoms with E-state index in [1.54, 1.807) is 4.90 Å². The minimum Gasteiger partial charge on any atom is -0.342 e. The van der Waals surface area contributed by atoms with Crippen LogP contribution in [0.1, 0.15) is 47.0 Å². The van der Waals surface area contributed by atoms with Gasteiger partial charge < -0.3 is 10.2 Å². The standard InChI is InChI=1S/C14H24N2O2/c1-5-14(6-7-14)9-16-8-10(17)15-11(12(16)18)13(2,3)4/h11H,5-9H2,1-4H3,(H,15,17). The van der Waals surface area contributed by atoms with Crippen LogP contribution in [0.5, 0.6) is 0 Å². The summed E-state index contributed by atoms with van der Waals surface area (Å²) in [5, 5.41) is 2.83.